The number of hydrogen-bond donors (Lipinski definition) is 1. The number of hydrogen-bond acceptors (Lipinski definition) is 3. The molecule has 1 aromatic carbocycles. The molecule has 2 rings (SSSR count). The van der Waals surface area contributed by atoms with Crippen LogP contribution in [0.15, 0.2) is 23.1 Å². The highest BCUT2D eigenvalue weighted by molar-refractivity contribution is 7.92. The van der Waals surface area contributed by atoms with Crippen molar-refractivity contribution in [2.24, 2.45) is 11.1 Å². The predicted octanol–water partition coefficient (Wildman–Crippen LogP) is 3.16. The lowest BCUT2D eigenvalue weighted by molar-refractivity contribution is 0.227. The summed E-state index contributed by atoms with van der Waals surface area (Å²) in [6, 6.07) is 3.11. The maximum absolute atomic E-state index is 13.2. The first kappa shape index (κ1) is 15.7. The highest BCUT2D eigenvalue weighted by Gasteiger charge is 2.41. The van der Waals surface area contributed by atoms with Crippen molar-refractivity contribution in [3.63, 3.8) is 0 Å². The van der Waals surface area contributed by atoms with Gasteiger partial charge >= 0.3 is 0 Å². The first-order valence-corrected chi connectivity index (χ1v) is 8.50. The Labute approximate surface area is 124 Å². The zero-order chi connectivity index (χ0) is 15.1. The molecule has 0 radical (unpaired) electrons. The predicted molar refractivity (Wildman–Crippen MR) is 78.0 cm³/mol. The zero-order valence-electron chi connectivity index (χ0n) is 11.6. The van der Waals surface area contributed by atoms with Gasteiger partial charge in [-0.25, -0.2) is 12.8 Å². The zero-order valence-corrected chi connectivity index (χ0v) is 13.1. The minimum Gasteiger partial charge on any atom is -0.327 e. The fraction of sp³-hybridized carbons (Fsp3) is 0.571. The molecule has 2 unspecified atom stereocenters. The van der Waals surface area contributed by atoms with Crippen LogP contribution < -0.4 is 5.73 Å². The van der Waals surface area contributed by atoms with E-state index in [1.807, 2.05) is 13.8 Å². The van der Waals surface area contributed by atoms with Crippen molar-refractivity contribution in [3.8, 4) is 0 Å². The van der Waals surface area contributed by atoms with Gasteiger partial charge in [-0.3, -0.25) is 0 Å². The molecule has 6 heteroatoms. The molecule has 3 nitrogen and oxygen atoms in total. The molecule has 0 heterocycles. The van der Waals surface area contributed by atoms with E-state index in [-0.39, 0.29) is 15.3 Å². The third kappa shape index (κ3) is 3.00. The molecule has 0 aliphatic heterocycles. The number of nitrogens with two attached hydrogens (primary N) is 1. The van der Waals surface area contributed by atoms with Gasteiger partial charge in [0.2, 0.25) is 0 Å². The van der Waals surface area contributed by atoms with Crippen LogP contribution in [0.1, 0.15) is 33.1 Å². The molecule has 112 valence electrons. The molecule has 1 fully saturated rings. The van der Waals surface area contributed by atoms with Gasteiger partial charge in [0.05, 0.1) is 15.2 Å². The molecule has 0 spiro atoms. The van der Waals surface area contributed by atoms with E-state index < -0.39 is 26.9 Å². The van der Waals surface area contributed by atoms with Gasteiger partial charge in [-0.15, -0.1) is 0 Å². The highest BCUT2D eigenvalue weighted by Crippen LogP contribution is 2.39. The van der Waals surface area contributed by atoms with E-state index in [0.29, 0.717) is 12.8 Å². The SMILES string of the molecule is CC1(C)CCC(N)C(S(=O)(=O)c2ccc(F)c(Cl)c2)C1. The Kier molecular flexibility index (Phi) is 4.15. The molecule has 1 aliphatic carbocycles. The topological polar surface area (TPSA) is 60.2 Å². The fourth-order valence-corrected chi connectivity index (χ4v) is 5.11. The number of halogens is 2. The van der Waals surface area contributed by atoms with Gasteiger partial charge in [-0.2, -0.15) is 0 Å². The number of benzene rings is 1. The van der Waals surface area contributed by atoms with Gasteiger partial charge in [-0.1, -0.05) is 25.4 Å². The van der Waals surface area contributed by atoms with Crippen LogP contribution in [0.5, 0.6) is 0 Å². The van der Waals surface area contributed by atoms with Crippen molar-refractivity contribution < 1.29 is 12.8 Å². The smallest absolute Gasteiger partial charge is 0.182 e. The Morgan fingerprint density at radius 2 is 2.05 bits per heavy atom. The Bertz CT molecular complexity index is 616. The molecule has 1 saturated carbocycles. The van der Waals surface area contributed by atoms with Crippen LogP contribution in [-0.2, 0) is 9.84 Å². The van der Waals surface area contributed by atoms with Crippen molar-refractivity contribution in [3.05, 3.63) is 29.0 Å². The van der Waals surface area contributed by atoms with Gasteiger partial charge in [0.15, 0.2) is 9.84 Å². The van der Waals surface area contributed by atoms with E-state index >= 15 is 0 Å². The first-order chi connectivity index (χ1) is 9.13. The second-order valence-electron chi connectivity index (χ2n) is 6.23. The summed E-state index contributed by atoms with van der Waals surface area (Å²) in [5.74, 6) is -0.626. The average Bonchev–Trinajstić information content (AvgIpc) is 2.35. The van der Waals surface area contributed by atoms with E-state index in [9.17, 15) is 12.8 Å². The molecule has 0 amide bonds. The third-order valence-electron chi connectivity index (χ3n) is 4.00. The van der Waals surface area contributed by atoms with E-state index in [1.165, 1.54) is 12.1 Å². The summed E-state index contributed by atoms with van der Waals surface area (Å²) < 4.78 is 38.6. The van der Waals surface area contributed by atoms with E-state index in [1.54, 1.807) is 0 Å². The number of sulfone groups is 1. The van der Waals surface area contributed by atoms with Crippen molar-refractivity contribution >= 4 is 21.4 Å². The van der Waals surface area contributed by atoms with Crippen molar-refractivity contribution in [2.75, 3.05) is 0 Å². The van der Waals surface area contributed by atoms with Gasteiger partial charge in [-0.05, 0) is 42.9 Å². The van der Waals surface area contributed by atoms with Crippen LogP contribution in [0.2, 0.25) is 5.02 Å². The summed E-state index contributed by atoms with van der Waals surface area (Å²) in [7, 11) is -3.60. The van der Waals surface area contributed by atoms with E-state index in [2.05, 4.69) is 0 Å². The lowest BCUT2D eigenvalue weighted by Crippen LogP contribution is -2.47. The third-order valence-corrected chi connectivity index (χ3v) is 6.52. The quantitative estimate of drug-likeness (QED) is 0.852. The summed E-state index contributed by atoms with van der Waals surface area (Å²) >= 11 is 5.68. The van der Waals surface area contributed by atoms with Gasteiger partial charge in [0.1, 0.15) is 5.82 Å². The van der Waals surface area contributed by atoms with Crippen LogP contribution in [-0.4, -0.2) is 19.7 Å². The largest absolute Gasteiger partial charge is 0.327 e. The molecule has 1 aromatic rings. The fourth-order valence-electron chi connectivity index (χ4n) is 2.71. The molecule has 0 aromatic heterocycles. The Morgan fingerprint density at radius 3 is 2.65 bits per heavy atom. The standard InChI is InChI=1S/C14H19ClFNO2S/c1-14(2)6-5-12(17)13(8-14)20(18,19)9-3-4-11(16)10(15)7-9/h3-4,7,12-13H,5-6,8,17H2,1-2H3. The summed E-state index contributed by atoms with van der Waals surface area (Å²) in [5, 5.41) is -0.831. The van der Waals surface area contributed by atoms with Gasteiger partial charge in [0.25, 0.3) is 0 Å². The van der Waals surface area contributed by atoms with Crippen LogP contribution in [0.3, 0.4) is 0 Å². The maximum atomic E-state index is 13.2. The van der Waals surface area contributed by atoms with Crippen molar-refractivity contribution in [2.45, 2.75) is 49.3 Å². The Balaban J connectivity index is 2.40. The van der Waals surface area contributed by atoms with Crippen LogP contribution in [0, 0.1) is 11.2 Å². The first-order valence-electron chi connectivity index (χ1n) is 6.58. The van der Waals surface area contributed by atoms with E-state index in [4.69, 9.17) is 17.3 Å². The summed E-state index contributed by atoms with van der Waals surface area (Å²) in [4.78, 5) is 0.0436. The molecular weight excluding hydrogens is 301 g/mol. The van der Waals surface area contributed by atoms with Crippen molar-refractivity contribution in [1.82, 2.24) is 0 Å². The average molecular weight is 320 g/mol. The maximum Gasteiger partial charge on any atom is 0.182 e. The molecular formula is C14H19ClFNO2S. The molecule has 0 bridgehead atoms. The van der Waals surface area contributed by atoms with Gasteiger partial charge in [0, 0.05) is 6.04 Å². The van der Waals surface area contributed by atoms with Crippen LogP contribution >= 0.6 is 11.6 Å². The van der Waals surface area contributed by atoms with Crippen LogP contribution in [0.4, 0.5) is 4.39 Å². The molecule has 1 aliphatic rings. The molecule has 2 atom stereocenters. The second kappa shape index (κ2) is 5.28. The normalized spacial score (nSPS) is 26.4. The summed E-state index contributed by atoms with van der Waals surface area (Å²) in [6.45, 7) is 4.08. The minimum atomic E-state index is -3.60. The molecule has 20 heavy (non-hydrogen) atoms. The second-order valence-corrected chi connectivity index (χ2v) is 8.80. The molecule has 2 N–H and O–H groups in total. The summed E-state index contributed by atoms with van der Waals surface area (Å²) in [6.07, 6.45) is 2.08. The Morgan fingerprint density at radius 1 is 1.40 bits per heavy atom. The van der Waals surface area contributed by atoms with E-state index in [0.717, 1.165) is 12.5 Å². The monoisotopic (exact) mass is 319 g/mol. The number of rotatable bonds is 2. The lowest BCUT2D eigenvalue weighted by atomic mass is 9.75. The lowest BCUT2D eigenvalue weighted by Gasteiger charge is -2.38. The summed E-state index contributed by atoms with van der Waals surface area (Å²) in [5.41, 5.74) is 5.95. The Hall–Kier alpha value is -0.650. The molecule has 0 saturated heterocycles. The minimum absolute atomic E-state index is 0.0436. The van der Waals surface area contributed by atoms with Gasteiger partial charge < -0.3 is 5.73 Å². The van der Waals surface area contributed by atoms with Crippen LogP contribution in [0.25, 0.3) is 0 Å². The highest BCUT2D eigenvalue weighted by atomic mass is 35.5. The van der Waals surface area contributed by atoms with Crippen molar-refractivity contribution in [1.29, 1.82) is 0 Å².